The van der Waals surface area contributed by atoms with Gasteiger partial charge in [0.2, 0.25) is 0 Å². The van der Waals surface area contributed by atoms with Gasteiger partial charge in [0.1, 0.15) is 0 Å². The van der Waals surface area contributed by atoms with Crippen LogP contribution in [0.4, 0.5) is 0 Å². The second kappa shape index (κ2) is 22.2. The average molecular weight is 130 g/mol. The van der Waals surface area contributed by atoms with Gasteiger partial charge in [-0.15, -0.1) is 0 Å². The summed E-state index contributed by atoms with van der Waals surface area (Å²) in [6.45, 7) is 0. The van der Waals surface area contributed by atoms with Gasteiger partial charge >= 0.3 is 37.7 Å². The molecule has 0 rings (SSSR count). The Labute approximate surface area is 68.3 Å². The monoisotopic (exact) mass is 130 g/mol. The van der Waals surface area contributed by atoms with Crippen LogP contribution in [-0.2, 0) is 17.4 Å². The fourth-order valence-electron chi connectivity index (χ4n) is 0. The fourth-order valence-corrected chi connectivity index (χ4v) is 0. The van der Waals surface area contributed by atoms with Gasteiger partial charge in [0.05, 0.1) is 0 Å². The maximum atomic E-state index is 0. The maximum absolute atomic E-state index is 0. The topological polar surface area (TPSA) is 63.0 Å². The molecule has 4 heteroatoms. The molecular formula is H6CaCrO2. The van der Waals surface area contributed by atoms with E-state index in [2.05, 4.69) is 0 Å². The van der Waals surface area contributed by atoms with Gasteiger partial charge in [0, 0.05) is 17.4 Å². The first-order chi connectivity index (χ1) is 0. The normalized spacial score (nSPS) is 0. The Morgan fingerprint density at radius 2 is 1.00 bits per heavy atom. The molecule has 0 unspecified atom stereocenters. The summed E-state index contributed by atoms with van der Waals surface area (Å²) in [6.07, 6.45) is 0. The standard InChI is InChI=1S/Ca.Cr.2H2O.2H/h;;2*1H2;;/q+2;;;;2*-1. The summed E-state index contributed by atoms with van der Waals surface area (Å²) in [5.74, 6) is 0. The predicted octanol–water partition coefficient (Wildman–Crippen LogP) is -1.81. The molecule has 0 bridgehead atoms. The van der Waals surface area contributed by atoms with Gasteiger partial charge < -0.3 is 13.8 Å². The van der Waals surface area contributed by atoms with Crippen LogP contribution in [0.3, 0.4) is 0 Å². The van der Waals surface area contributed by atoms with Crippen LogP contribution >= 0.6 is 0 Å². The molecule has 0 saturated heterocycles. The van der Waals surface area contributed by atoms with Gasteiger partial charge in [0.15, 0.2) is 0 Å². The minimum atomic E-state index is 0. The first-order valence-electron chi connectivity index (χ1n) is 0. The minimum absolute atomic E-state index is 0. The Hall–Kier alpha value is 1.71. The van der Waals surface area contributed by atoms with E-state index in [4.69, 9.17) is 0 Å². The van der Waals surface area contributed by atoms with E-state index in [1.165, 1.54) is 0 Å². The molecule has 2 nitrogen and oxygen atoms in total. The van der Waals surface area contributed by atoms with E-state index in [1.807, 2.05) is 0 Å². The molecule has 0 fully saturated rings. The van der Waals surface area contributed by atoms with Crippen molar-refractivity contribution in [2.75, 3.05) is 0 Å². The third-order valence-electron chi connectivity index (χ3n) is 0. The van der Waals surface area contributed by atoms with Crippen LogP contribution in [-0.4, -0.2) is 48.7 Å². The molecule has 0 saturated carbocycles. The molecule has 0 aliphatic rings. The van der Waals surface area contributed by atoms with Crippen molar-refractivity contribution >= 4 is 37.7 Å². The van der Waals surface area contributed by atoms with Gasteiger partial charge in [-0.25, -0.2) is 0 Å². The van der Waals surface area contributed by atoms with Crippen molar-refractivity contribution in [3.05, 3.63) is 0 Å². The molecule has 0 spiro atoms. The molecule has 0 aromatic rings. The van der Waals surface area contributed by atoms with Crippen LogP contribution in [0.5, 0.6) is 0 Å². The molecule has 0 atom stereocenters. The third-order valence-corrected chi connectivity index (χ3v) is 0. The zero-order valence-corrected chi connectivity index (χ0v) is 5.60. The van der Waals surface area contributed by atoms with Crippen molar-refractivity contribution in [3.63, 3.8) is 0 Å². The first-order valence-corrected chi connectivity index (χ1v) is 0. The van der Waals surface area contributed by atoms with E-state index in [1.54, 1.807) is 0 Å². The van der Waals surface area contributed by atoms with E-state index >= 15 is 0 Å². The van der Waals surface area contributed by atoms with E-state index in [0.29, 0.717) is 0 Å². The van der Waals surface area contributed by atoms with Crippen LogP contribution in [0.15, 0.2) is 0 Å². The maximum Gasteiger partial charge on any atom is 2.00 e. The number of rotatable bonds is 0. The molecule has 0 aromatic heterocycles. The molecule has 4 N–H and O–H groups in total. The number of hydrogen-bond donors (Lipinski definition) is 0. The van der Waals surface area contributed by atoms with E-state index < -0.39 is 0 Å². The SMILES string of the molecule is O.O.[Ca+2].[Cr].[H-].[H-]. The fraction of sp³-hybridized carbons (Fsp3) is 0. The zero-order valence-electron chi connectivity index (χ0n) is 4.12. The Bertz CT molecular complexity index is 11.5. The number of hydrogen-bond acceptors (Lipinski definition) is 0. The van der Waals surface area contributed by atoms with Crippen LogP contribution < -0.4 is 0 Å². The second-order valence-corrected chi connectivity index (χ2v) is 0. The van der Waals surface area contributed by atoms with Crippen molar-refractivity contribution in [1.29, 1.82) is 0 Å². The predicted molar refractivity (Wildman–Crippen MR) is 15.2 cm³/mol. The van der Waals surface area contributed by atoms with Gasteiger partial charge in [-0.05, 0) is 0 Å². The summed E-state index contributed by atoms with van der Waals surface area (Å²) in [6, 6.07) is 0. The van der Waals surface area contributed by atoms with Crippen molar-refractivity contribution in [3.8, 4) is 0 Å². The Morgan fingerprint density at radius 1 is 1.00 bits per heavy atom. The van der Waals surface area contributed by atoms with Gasteiger partial charge in [-0.1, -0.05) is 0 Å². The second-order valence-electron chi connectivity index (χ2n) is 0. The van der Waals surface area contributed by atoms with Crippen LogP contribution in [0.1, 0.15) is 2.85 Å². The molecule has 26 valence electrons. The van der Waals surface area contributed by atoms with Crippen molar-refractivity contribution in [1.82, 2.24) is 0 Å². The molecule has 0 radical (unpaired) electrons. The van der Waals surface area contributed by atoms with Crippen LogP contribution in [0.25, 0.3) is 0 Å². The zero-order chi connectivity index (χ0) is 0. The Morgan fingerprint density at radius 3 is 1.00 bits per heavy atom. The molecular weight excluding hydrogens is 124 g/mol. The summed E-state index contributed by atoms with van der Waals surface area (Å²) in [7, 11) is 0. The molecule has 4 heavy (non-hydrogen) atoms. The van der Waals surface area contributed by atoms with Crippen molar-refractivity contribution < 1.29 is 31.2 Å². The summed E-state index contributed by atoms with van der Waals surface area (Å²) < 4.78 is 0. The van der Waals surface area contributed by atoms with Crippen LogP contribution in [0, 0.1) is 0 Å². The first kappa shape index (κ1) is 43.3. The molecule has 0 amide bonds. The Balaban J connectivity index is 0. The van der Waals surface area contributed by atoms with Gasteiger partial charge in [-0.2, -0.15) is 0 Å². The molecule has 0 aliphatic carbocycles. The third kappa shape index (κ3) is 9.31. The molecule has 0 heterocycles. The summed E-state index contributed by atoms with van der Waals surface area (Å²) in [4.78, 5) is 0. The van der Waals surface area contributed by atoms with Gasteiger partial charge in [0.25, 0.3) is 0 Å². The smallest absolute Gasteiger partial charge is 1.00 e. The largest absolute Gasteiger partial charge is 2.00 e. The van der Waals surface area contributed by atoms with Gasteiger partial charge in [-0.3, -0.25) is 0 Å². The summed E-state index contributed by atoms with van der Waals surface area (Å²) >= 11 is 0. The van der Waals surface area contributed by atoms with Crippen LogP contribution in [0.2, 0.25) is 0 Å². The Kier molecular flexibility index (Phi) is 240. The average Bonchev–Trinajstić information content (AvgIpc) is 0. The quantitative estimate of drug-likeness (QED) is 0.347. The molecule has 0 aliphatic heterocycles. The van der Waals surface area contributed by atoms with E-state index in [0.717, 1.165) is 0 Å². The molecule has 0 aromatic carbocycles. The summed E-state index contributed by atoms with van der Waals surface area (Å²) in [5, 5.41) is 0. The van der Waals surface area contributed by atoms with Crippen molar-refractivity contribution in [2.24, 2.45) is 0 Å². The van der Waals surface area contributed by atoms with E-state index in [9.17, 15) is 0 Å². The minimum Gasteiger partial charge on any atom is -1.00 e. The van der Waals surface area contributed by atoms with E-state index in [-0.39, 0.29) is 68.9 Å². The van der Waals surface area contributed by atoms with Crippen molar-refractivity contribution in [2.45, 2.75) is 0 Å². The summed E-state index contributed by atoms with van der Waals surface area (Å²) in [5.41, 5.74) is 0.